The fraction of sp³-hybridized carbons (Fsp3) is 0.565. The van der Waals surface area contributed by atoms with Crippen LogP contribution in [0.3, 0.4) is 0 Å². The Bertz CT molecular complexity index is 950. The molecule has 2 fully saturated rings. The van der Waals surface area contributed by atoms with Gasteiger partial charge in [0, 0.05) is 44.3 Å². The van der Waals surface area contributed by atoms with Crippen molar-refractivity contribution in [3.05, 3.63) is 35.9 Å². The number of hydrogen-bond donors (Lipinski definition) is 1. The molecular formula is C23H32ClN7O2. The standard InChI is InChI=1S/C23H32ClN7O2/c1-17-9-18(2)12-30(11-17)23(33)14-29-7-5-28(6-8-29)13-22(32)27-20-10-19(24)3-4-21(20)31-16-25-15-26-31/h3-4,10,15-18H,5-9,11-14H2,1-2H3,(H,27,32). The van der Waals surface area contributed by atoms with Crippen LogP contribution >= 0.6 is 11.6 Å². The van der Waals surface area contributed by atoms with Crippen molar-refractivity contribution in [2.75, 3.05) is 57.7 Å². The van der Waals surface area contributed by atoms with E-state index in [1.54, 1.807) is 29.2 Å². The minimum absolute atomic E-state index is 0.112. The van der Waals surface area contributed by atoms with E-state index in [0.29, 0.717) is 34.8 Å². The maximum absolute atomic E-state index is 12.8. The predicted molar refractivity (Wildman–Crippen MR) is 127 cm³/mol. The van der Waals surface area contributed by atoms with Crippen LogP contribution in [0.1, 0.15) is 20.3 Å². The molecule has 0 spiro atoms. The molecule has 178 valence electrons. The van der Waals surface area contributed by atoms with Crippen LogP contribution in [0, 0.1) is 11.8 Å². The second-order valence-electron chi connectivity index (χ2n) is 9.35. The van der Waals surface area contributed by atoms with Crippen molar-refractivity contribution < 1.29 is 9.59 Å². The number of carbonyl (C=O) groups is 2. The van der Waals surface area contributed by atoms with Crippen LogP contribution in [0.25, 0.3) is 5.69 Å². The molecule has 2 unspecified atom stereocenters. The summed E-state index contributed by atoms with van der Waals surface area (Å²) in [5.74, 6) is 1.25. The van der Waals surface area contributed by atoms with Crippen molar-refractivity contribution in [1.82, 2.24) is 29.5 Å². The van der Waals surface area contributed by atoms with Gasteiger partial charge in [-0.2, -0.15) is 5.10 Å². The molecule has 3 heterocycles. The van der Waals surface area contributed by atoms with Gasteiger partial charge in [-0.3, -0.25) is 19.4 Å². The van der Waals surface area contributed by atoms with Crippen molar-refractivity contribution in [3.63, 3.8) is 0 Å². The molecule has 2 saturated heterocycles. The van der Waals surface area contributed by atoms with Crippen molar-refractivity contribution >= 4 is 29.1 Å². The largest absolute Gasteiger partial charge is 0.341 e. The quantitative estimate of drug-likeness (QED) is 0.690. The zero-order chi connectivity index (χ0) is 23.4. The lowest BCUT2D eigenvalue weighted by Gasteiger charge is -2.38. The van der Waals surface area contributed by atoms with Crippen molar-refractivity contribution in [2.24, 2.45) is 11.8 Å². The van der Waals surface area contributed by atoms with Crippen LogP contribution in [0.4, 0.5) is 5.69 Å². The van der Waals surface area contributed by atoms with E-state index in [2.05, 4.69) is 39.0 Å². The lowest BCUT2D eigenvalue weighted by molar-refractivity contribution is -0.135. The van der Waals surface area contributed by atoms with Crippen molar-refractivity contribution in [1.29, 1.82) is 0 Å². The first kappa shape index (κ1) is 23.7. The molecule has 2 amide bonds. The molecule has 10 heteroatoms. The molecular weight excluding hydrogens is 442 g/mol. The van der Waals surface area contributed by atoms with E-state index in [1.165, 1.54) is 12.7 Å². The Hall–Kier alpha value is -2.49. The highest BCUT2D eigenvalue weighted by Crippen LogP contribution is 2.24. The summed E-state index contributed by atoms with van der Waals surface area (Å²) in [6.07, 6.45) is 4.21. The predicted octanol–water partition coefficient (Wildman–Crippen LogP) is 1.98. The summed E-state index contributed by atoms with van der Waals surface area (Å²) in [6.45, 7) is 9.97. The maximum atomic E-state index is 12.8. The zero-order valence-electron chi connectivity index (χ0n) is 19.3. The highest BCUT2D eigenvalue weighted by molar-refractivity contribution is 6.31. The number of nitrogens with one attached hydrogen (secondary N) is 1. The summed E-state index contributed by atoms with van der Waals surface area (Å²) in [6, 6.07) is 5.26. The Morgan fingerprint density at radius 1 is 1.06 bits per heavy atom. The lowest BCUT2D eigenvalue weighted by Crippen LogP contribution is -2.52. The SMILES string of the molecule is CC1CC(C)CN(C(=O)CN2CCN(CC(=O)Nc3cc(Cl)ccc3-n3cncn3)CC2)C1. The molecule has 2 aliphatic rings. The number of rotatable bonds is 6. The van der Waals surface area contributed by atoms with E-state index in [0.717, 1.165) is 39.3 Å². The molecule has 0 bridgehead atoms. The molecule has 0 saturated carbocycles. The number of nitrogens with zero attached hydrogens (tertiary/aromatic N) is 6. The summed E-state index contributed by atoms with van der Waals surface area (Å²) in [4.78, 5) is 35.8. The van der Waals surface area contributed by atoms with E-state index in [4.69, 9.17) is 11.6 Å². The van der Waals surface area contributed by atoms with Crippen LogP contribution in [0.15, 0.2) is 30.9 Å². The van der Waals surface area contributed by atoms with Crippen LogP contribution in [-0.4, -0.2) is 93.6 Å². The van der Waals surface area contributed by atoms with Crippen molar-refractivity contribution in [2.45, 2.75) is 20.3 Å². The third-order valence-corrected chi connectivity index (χ3v) is 6.55. The molecule has 0 radical (unpaired) electrons. The third-order valence-electron chi connectivity index (χ3n) is 6.31. The molecule has 2 aromatic rings. The van der Waals surface area contributed by atoms with E-state index in [1.807, 2.05) is 4.90 Å². The minimum atomic E-state index is -0.112. The lowest BCUT2D eigenvalue weighted by atomic mass is 9.92. The molecule has 4 rings (SSSR count). The summed E-state index contributed by atoms with van der Waals surface area (Å²) < 4.78 is 1.59. The molecule has 1 aromatic carbocycles. The Morgan fingerprint density at radius 3 is 2.36 bits per heavy atom. The van der Waals surface area contributed by atoms with Gasteiger partial charge >= 0.3 is 0 Å². The maximum Gasteiger partial charge on any atom is 0.238 e. The van der Waals surface area contributed by atoms with Gasteiger partial charge in [-0.1, -0.05) is 25.4 Å². The Labute approximate surface area is 199 Å². The fourth-order valence-electron chi connectivity index (χ4n) is 4.80. The van der Waals surface area contributed by atoms with Gasteiger partial charge in [-0.15, -0.1) is 0 Å². The number of aromatic nitrogens is 3. The second-order valence-corrected chi connectivity index (χ2v) is 9.78. The number of benzene rings is 1. The number of anilines is 1. The van der Waals surface area contributed by atoms with Gasteiger partial charge in [-0.05, 0) is 36.5 Å². The van der Waals surface area contributed by atoms with Gasteiger partial charge in [0.05, 0.1) is 24.5 Å². The fourth-order valence-corrected chi connectivity index (χ4v) is 4.97. The number of piperidine rings is 1. The topological polar surface area (TPSA) is 86.6 Å². The highest BCUT2D eigenvalue weighted by Gasteiger charge is 2.28. The summed E-state index contributed by atoms with van der Waals surface area (Å²) in [5, 5.41) is 7.62. The molecule has 2 aliphatic heterocycles. The summed E-state index contributed by atoms with van der Waals surface area (Å²) in [7, 11) is 0. The summed E-state index contributed by atoms with van der Waals surface area (Å²) in [5.41, 5.74) is 1.29. The van der Waals surface area contributed by atoms with Gasteiger partial charge in [0.2, 0.25) is 11.8 Å². The van der Waals surface area contributed by atoms with E-state index < -0.39 is 0 Å². The van der Waals surface area contributed by atoms with E-state index in [9.17, 15) is 9.59 Å². The van der Waals surface area contributed by atoms with Crippen molar-refractivity contribution in [3.8, 4) is 5.69 Å². The Kier molecular flexibility index (Phi) is 7.62. The molecule has 0 aliphatic carbocycles. The monoisotopic (exact) mass is 473 g/mol. The van der Waals surface area contributed by atoms with Gasteiger partial charge in [-0.25, -0.2) is 9.67 Å². The number of carbonyl (C=O) groups excluding carboxylic acids is 2. The van der Waals surface area contributed by atoms with E-state index in [-0.39, 0.29) is 18.4 Å². The first-order chi connectivity index (χ1) is 15.9. The normalized spacial score (nSPS) is 22.3. The Balaban J connectivity index is 1.25. The van der Waals surface area contributed by atoms with Crippen LogP contribution < -0.4 is 5.32 Å². The second kappa shape index (κ2) is 10.6. The Morgan fingerprint density at radius 2 is 1.73 bits per heavy atom. The number of likely N-dealkylation sites (tertiary alicyclic amines) is 1. The van der Waals surface area contributed by atoms with Gasteiger partial charge in [0.1, 0.15) is 12.7 Å². The molecule has 9 nitrogen and oxygen atoms in total. The molecule has 2 atom stereocenters. The van der Waals surface area contributed by atoms with Gasteiger partial charge in [0.15, 0.2) is 0 Å². The van der Waals surface area contributed by atoms with Crippen LogP contribution in [0.2, 0.25) is 5.02 Å². The average Bonchev–Trinajstić information content (AvgIpc) is 3.29. The average molecular weight is 474 g/mol. The number of halogens is 1. The first-order valence-corrected chi connectivity index (χ1v) is 11.9. The molecule has 1 aromatic heterocycles. The molecule has 1 N–H and O–H groups in total. The third kappa shape index (κ3) is 6.31. The van der Waals surface area contributed by atoms with Crippen LogP contribution in [0.5, 0.6) is 0 Å². The minimum Gasteiger partial charge on any atom is -0.341 e. The summed E-state index contributed by atoms with van der Waals surface area (Å²) >= 11 is 6.14. The van der Waals surface area contributed by atoms with Gasteiger partial charge < -0.3 is 10.2 Å². The number of piperazine rings is 1. The molecule has 33 heavy (non-hydrogen) atoms. The first-order valence-electron chi connectivity index (χ1n) is 11.5. The highest BCUT2D eigenvalue weighted by atomic mass is 35.5. The smallest absolute Gasteiger partial charge is 0.238 e. The zero-order valence-corrected chi connectivity index (χ0v) is 20.0. The van der Waals surface area contributed by atoms with E-state index >= 15 is 0 Å². The number of hydrogen-bond acceptors (Lipinski definition) is 6. The van der Waals surface area contributed by atoms with Gasteiger partial charge in [0.25, 0.3) is 0 Å². The van der Waals surface area contributed by atoms with Crippen LogP contribution in [-0.2, 0) is 9.59 Å². The number of amides is 2.